The number of benzene rings is 1. The first kappa shape index (κ1) is 12.6. The average Bonchev–Trinajstić information content (AvgIpc) is 2.71. The molecule has 0 spiro atoms. The Morgan fingerprint density at radius 2 is 2.17 bits per heavy atom. The van der Waals surface area contributed by atoms with E-state index in [4.69, 9.17) is 0 Å². The molecule has 0 aliphatic heterocycles. The molecule has 96 valence electrons. The van der Waals surface area contributed by atoms with Gasteiger partial charge in [-0.3, -0.25) is 4.79 Å². The second-order valence-electron chi connectivity index (χ2n) is 4.46. The Kier molecular flexibility index (Phi) is 3.99. The normalized spacial score (nSPS) is 10.8. The number of fused-ring (bicyclic) bond motifs is 1. The molecule has 0 bridgehead atoms. The zero-order valence-corrected chi connectivity index (χ0v) is 10.9. The first-order valence-corrected chi connectivity index (χ1v) is 6.20. The maximum atomic E-state index is 11.7. The molecule has 0 radical (unpaired) electrons. The third-order valence-electron chi connectivity index (χ3n) is 3.00. The number of aryl methyl sites for hydroxylation is 1. The number of hydrogen-bond acceptors (Lipinski definition) is 2. The van der Waals surface area contributed by atoms with Crippen LogP contribution in [0, 0.1) is 0 Å². The highest BCUT2D eigenvalue weighted by molar-refractivity contribution is 5.93. The fourth-order valence-electron chi connectivity index (χ4n) is 2.01. The van der Waals surface area contributed by atoms with E-state index >= 15 is 0 Å². The van der Waals surface area contributed by atoms with Gasteiger partial charge in [-0.25, -0.2) is 0 Å². The number of anilines is 1. The minimum absolute atomic E-state index is 0.0699. The smallest absolute Gasteiger partial charge is 0.224 e. The second-order valence-corrected chi connectivity index (χ2v) is 4.46. The fraction of sp³-hybridized carbons (Fsp3) is 0.357. The van der Waals surface area contributed by atoms with E-state index in [0.29, 0.717) is 6.42 Å². The summed E-state index contributed by atoms with van der Waals surface area (Å²) in [4.78, 5) is 11.7. The quantitative estimate of drug-likeness (QED) is 0.793. The third-order valence-corrected chi connectivity index (χ3v) is 3.00. The molecule has 0 aliphatic carbocycles. The lowest BCUT2D eigenvalue weighted by molar-refractivity contribution is -0.116. The molecule has 0 aliphatic rings. The number of hydrogen-bond donors (Lipinski definition) is 2. The molecule has 2 aromatic rings. The van der Waals surface area contributed by atoms with Gasteiger partial charge in [0.25, 0.3) is 0 Å². The number of nitrogens with zero attached hydrogens (tertiary/aromatic N) is 1. The van der Waals surface area contributed by atoms with Crippen LogP contribution in [-0.4, -0.2) is 24.1 Å². The van der Waals surface area contributed by atoms with Gasteiger partial charge in [-0.1, -0.05) is 0 Å². The summed E-state index contributed by atoms with van der Waals surface area (Å²) in [5, 5.41) is 7.10. The molecule has 2 N–H and O–H groups in total. The number of aromatic nitrogens is 1. The monoisotopic (exact) mass is 245 g/mol. The summed E-state index contributed by atoms with van der Waals surface area (Å²) < 4.78 is 2.06. The molecule has 1 aromatic heterocycles. The molecule has 4 nitrogen and oxygen atoms in total. The van der Waals surface area contributed by atoms with Gasteiger partial charge < -0.3 is 15.2 Å². The summed E-state index contributed by atoms with van der Waals surface area (Å²) in [7, 11) is 3.90. The van der Waals surface area contributed by atoms with Gasteiger partial charge in [0.1, 0.15) is 0 Å². The maximum Gasteiger partial charge on any atom is 0.224 e. The molecular weight excluding hydrogens is 226 g/mol. The highest BCUT2D eigenvalue weighted by Crippen LogP contribution is 2.19. The Bertz CT molecular complexity index is 545. The van der Waals surface area contributed by atoms with Crippen molar-refractivity contribution in [3.8, 4) is 0 Å². The lowest BCUT2D eigenvalue weighted by atomic mass is 10.2. The Hall–Kier alpha value is -1.81. The summed E-state index contributed by atoms with van der Waals surface area (Å²) in [5.74, 6) is 0.0699. The van der Waals surface area contributed by atoms with Gasteiger partial charge in [-0.15, -0.1) is 0 Å². The van der Waals surface area contributed by atoms with Crippen molar-refractivity contribution in [3.05, 3.63) is 30.5 Å². The van der Waals surface area contributed by atoms with Gasteiger partial charge in [0.05, 0.1) is 0 Å². The third kappa shape index (κ3) is 2.90. The number of carbonyl (C=O) groups is 1. The molecule has 0 fully saturated rings. The van der Waals surface area contributed by atoms with E-state index in [1.165, 1.54) is 5.52 Å². The number of carbonyl (C=O) groups excluding carboxylic acids is 1. The van der Waals surface area contributed by atoms with Crippen molar-refractivity contribution in [2.75, 3.05) is 18.9 Å². The van der Waals surface area contributed by atoms with Crippen LogP contribution < -0.4 is 10.6 Å². The van der Waals surface area contributed by atoms with Crippen LogP contribution in [0.3, 0.4) is 0 Å². The molecular formula is C14H19N3O. The van der Waals surface area contributed by atoms with E-state index in [9.17, 15) is 4.79 Å². The van der Waals surface area contributed by atoms with Gasteiger partial charge in [-0.2, -0.15) is 0 Å². The molecule has 0 saturated carbocycles. The first-order chi connectivity index (χ1) is 8.70. The van der Waals surface area contributed by atoms with Crippen LogP contribution in [0.2, 0.25) is 0 Å². The minimum Gasteiger partial charge on any atom is -0.351 e. The Morgan fingerprint density at radius 1 is 1.33 bits per heavy atom. The van der Waals surface area contributed by atoms with Crippen molar-refractivity contribution in [3.63, 3.8) is 0 Å². The molecule has 0 saturated heterocycles. The Labute approximate surface area is 107 Å². The van der Waals surface area contributed by atoms with Crippen molar-refractivity contribution in [1.82, 2.24) is 9.88 Å². The highest BCUT2D eigenvalue weighted by atomic mass is 16.1. The molecule has 18 heavy (non-hydrogen) atoms. The van der Waals surface area contributed by atoms with Gasteiger partial charge in [0.2, 0.25) is 5.91 Å². The molecule has 0 unspecified atom stereocenters. The number of nitrogens with one attached hydrogen (secondary N) is 2. The van der Waals surface area contributed by atoms with E-state index < -0.39 is 0 Å². The number of amides is 1. The van der Waals surface area contributed by atoms with Crippen LogP contribution in [0.25, 0.3) is 10.9 Å². The molecule has 1 amide bonds. The van der Waals surface area contributed by atoms with E-state index in [1.54, 1.807) is 0 Å². The zero-order valence-electron chi connectivity index (χ0n) is 10.9. The fourth-order valence-corrected chi connectivity index (χ4v) is 2.01. The summed E-state index contributed by atoms with van der Waals surface area (Å²) >= 11 is 0. The molecule has 1 heterocycles. The van der Waals surface area contributed by atoms with Crippen LogP contribution in [0.15, 0.2) is 30.5 Å². The van der Waals surface area contributed by atoms with Crippen LogP contribution in [0.1, 0.15) is 12.8 Å². The predicted molar refractivity (Wildman–Crippen MR) is 74.7 cm³/mol. The largest absolute Gasteiger partial charge is 0.351 e. The van der Waals surface area contributed by atoms with E-state index in [0.717, 1.165) is 24.0 Å². The van der Waals surface area contributed by atoms with Gasteiger partial charge in [0.15, 0.2) is 0 Å². The van der Waals surface area contributed by atoms with Crippen LogP contribution >= 0.6 is 0 Å². The Balaban J connectivity index is 2.01. The van der Waals surface area contributed by atoms with Crippen LogP contribution in [-0.2, 0) is 11.8 Å². The molecule has 1 aromatic carbocycles. The minimum atomic E-state index is 0.0699. The predicted octanol–water partition coefficient (Wildman–Crippen LogP) is 2.12. The summed E-state index contributed by atoms with van der Waals surface area (Å²) in [6, 6.07) is 8.02. The standard InChI is InChI=1S/C14H19N3O/c1-15-8-3-4-14(18)16-12-5-6-13-11(10-12)7-9-17(13)2/h5-7,9-10,15H,3-4,8H2,1-2H3,(H,16,18). The van der Waals surface area contributed by atoms with Crippen LogP contribution in [0.5, 0.6) is 0 Å². The SMILES string of the molecule is CNCCCC(=O)Nc1ccc2c(ccn2C)c1. The second kappa shape index (κ2) is 5.69. The van der Waals surface area contributed by atoms with E-state index in [1.807, 2.05) is 44.6 Å². The summed E-state index contributed by atoms with van der Waals surface area (Å²) in [6.07, 6.45) is 3.42. The van der Waals surface area contributed by atoms with Crippen molar-refractivity contribution < 1.29 is 4.79 Å². The van der Waals surface area contributed by atoms with Gasteiger partial charge in [-0.05, 0) is 44.3 Å². The summed E-state index contributed by atoms with van der Waals surface area (Å²) in [6.45, 7) is 0.866. The topological polar surface area (TPSA) is 46.1 Å². The Morgan fingerprint density at radius 3 is 2.94 bits per heavy atom. The zero-order chi connectivity index (χ0) is 13.0. The molecule has 0 atom stereocenters. The molecule has 4 heteroatoms. The van der Waals surface area contributed by atoms with Crippen molar-refractivity contribution >= 4 is 22.5 Å². The maximum absolute atomic E-state index is 11.7. The lowest BCUT2D eigenvalue weighted by Gasteiger charge is -2.05. The number of rotatable bonds is 5. The van der Waals surface area contributed by atoms with E-state index in [2.05, 4.69) is 15.2 Å². The average molecular weight is 245 g/mol. The summed E-state index contributed by atoms with van der Waals surface area (Å²) in [5.41, 5.74) is 2.03. The van der Waals surface area contributed by atoms with Crippen molar-refractivity contribution in [2.24, 2.45) is 7.05 Å². The van der Waals surface area contributed by atoms with E-state index in [-0.39, 0.29) is 5.91 Å². The molecule has 2 rings (SSSR count). The lowest BCUT2D eigenvalue weighted by Crippen LogP contribution is -2.15. The van der Waals surface area contributed by atoms with Crippen molar-refractivity contribution in [2.45, 2.75) is 12.8 Å². The highest BCUT2D eigenvalue weighted by Gasteiger charge is 2.04. The van der Waals surface area contributed by atoms with Crippen molar-refractivity contribution in [1.29, 1.82) is 0 Å². The first-order valence-electron chi connectivity index (χ1n) is 6.20. The van der Waals surface area contributed by atoms with Gasteiger partial charge >= 0.3 is 0 Å². The van der Waals surface area contributed by atoms with Crippen LogP contribution in [0.4, 0.5) is 5.69 Å². The van der Waals surface area contributed by atoms with Gasteiger partial charge in [0, 0.05) is 36.3 Å².